The molecule has 2 unspecified atom stereocenters. The second-order valence-electron chi connectivity index (χ2n) is 11.2. The summed E-state index contributed by atoms with van der Waals surface area (Å²) in [7, 11) is 1.78. The Bertz CT molecular complexity index is 1170. The molecule has 1 fully saturated rings. The van der Waals surface area contributed by atoms with Gasteiger partial charge in [-0.15, -0.1) is 0 Å². The summed E-state index contributed by atoms with van der Waals surface area (Å²) >= 11 is -0.225. The average Bonchev–Trinajstić information content (AvgIpc) is 2.96. The molecule has 2 N–H and O–H groups in total. The van der Waals surface area contributed by atoms with E-state index in [4.69, 9.17) is 4.74 Å². The Morgan fingerprint density at radius 3 is 2.45 bits per heavy atom. The maximum atomic E-state index is 9.86. The number of benzene rings is 3. The van der Waals surface area contributed by atoms with E-state index in [9.17, 15) is 5.11 Å². The first kappa shape index (κ1) is 27.3. The van der Waals surface area contributed by atoms with Crippen molar-refractivity contribution in [3.05, 3.63) is 88.5 Å². The predicted octanol–water partition coefficient (Wildman–Crippen LogP) is 6.25. The van der Waals surface area contributed by atoms with Crippen molar-refractivity contribution in [1.82, 2.24) is 5.32 Å². The van der Waals surface area contributed by atoms with E-state index in [0.29, 0.717) is 11.7 Å². The van der Waals surface area contributed by atoms with Gasteiger partial charge >= 0.3 is 217 Å². The quantitative estimate of drug-likeness (QED) is 0.211. The van der Waals surface area contributed by atoms with Crippen LogP contribution in [0.5, 0.6) is 11.5 Å². The van der Waals surface area contributed by atoms with Crippen molar-refractivity contribution in [1.29, 1.82) is 0 Å². The molecule has 0 radical (unpaired) electrons. The van der Waals surface area contributed by atoms with Crippen LogP contribution in [0.15, 0.2) is 60.7 Å². The Morgan fingerprint density at radius 2 is 1.66 bits per heavy atom. The summed E-state index contributed by atoms with van der Waals surface area (Å²) in [5.74, 6) is 1.94. The van der Waals surface area contributed by atoms with E-state index in [1.807, 2.05) is 12.1 Å². The Kier molecular flexibility index (Phi) is 9.87. The Hall–Kier alpha value is -2.22. The van der Waals surface area contributed by atoms with Crippen molar-refractivity contribution in [3.63, 3.8) is 0 Å². The molecular weight excluding hydrogens is 529 g/mol. The van der Waals surface area contributed by atoms with Gasteiger partial charge in [0.05, 0.1) is 0 Å². The zero-order valence-corrected chi connectivity index (χ0v) is 25.1. The molecule has 2 aliphatic carbocycles. The van der Waals surface area contributed by atoms with E-state index in [1.54, 1.807) is 11.5 Å². The zero-order valence-electron chi connectivity index (χ0n) is 23.0. The van der Waals surface area contributed by atoms with Crippen molar-refractivity contribution < 1.29 is 9.84 Å². The molecule has 2 atom stereocenters. The number of aryl methyl sites for hydroxylation is 2. The van der Waals surface area contributed by atoms with Gasteiger partial charge < -0.3 is 0 Å². The molecular formula is C34H44AsNO2. The van der Waals surface area contributed by atoms with Gasteiger partial charge in [0.25, 0.3) is 0 Å². The van der Waals surface area contributed by atoms with Gasteiger partial charge in [0.1, 0.15) is 0 Å². The molecule has 38 heavy (non-hydrogen) atoms. The van der Waals surface area contributed by atoms with E-state index >= 15 is 0 Å². The number of phenols is 1. The predicted molar refractivity (Wildman–Crippen MR) is 161 cm³/mol. The van der Waals surface area contributed by atoms with Gasteiger partial charge in [-0.3, -0.25) is 0 Å². The number of aromatic hydroxyl groups is 1. The molecule has 3 aromatic rings. The Morgan fingerprint density at radius 1 is 0.868 bits per heavy atom. The number of rotatable bonds is 11. The van der Waals surface area contributed by atoms with Crippen LogP contribution in [-0.4, -0.2) is 40.6 Å². The van der Waals surface area contributed by atoms with Crippen LogP contribution in [0.2, 0.25) is 5.21 Å². The van der Waals surface area contributed by atoms with Crippen LogP contribution >= 0.6 is 0 Å². The summed E-state index contributed by atoms with van der Waals surface area (Å²) in [5, 5.41) is 14.9. The summed E-state index contributed by atoms with van der Waals surface area (Å²) in [5.41, 5.74) is 7.18. The van der Waals surface area contributed by atoms with E-state index in [0.717, 1.165) is 44.0 Å². The summed E-state index contributed by atoms with van der Waals surface area (Å²) in [6, 6.07) is 22.8. The van der Waals surface area contributed by atoms with Crippen molar-refractivity contribution in [2.45, 2.75) is 87.8 Å². The van der Waals surface area contributed by atoms with Gasteiger partial charge in [0.15, 0.2) is 0 Å². The molecule has 0 amide bonds. The molecule has 0 aromatic heterocycles. The Labute approximate surface area is 236 Å². The van der Waals surface area contributed by atoms with Crippen molar-refractivity contribution in [3.8, 4) is 11.5 Å². The maximum absolute atomic E-state index is 9.86. The summed E-state index contributed by atoms with van der Waals surface area (Å²) < 4.78 is 7.17. The molecule has 0 aliphatic heterocycles. The van der Waals surface area contributed by atoms with Gasteiger partial charge in [-0.2, -0.15) is 0 Å². The van der Waals surface area contributed by atoms with Gasteiger partial charge in [-0.25, -0.2) is 0 Å². The number of ether oxygens (including phenoxy) is 1. The topological polar surface area (TPSA) is 41.5 Å². The molecule has 3 aromatic carbocycles. The number of fused-ring (bicyclic) bond motifs is 1. The van der Waals surface area contributed by atoms with Crippen LogP contribution in [0.4, 0.5) is 0 Å². The number of phenolic OH excluding ortho intramolecular Hbond substituents is 1. The van der Waals surface area contributed by atoms with Crippen LogP contribution in [0.25, 0.3) is 0 Å². The number of nitrogens with one attached hydrogen (secondary N) is 1. The molecule has 0 heterocycles. The summed E-state index contributed by atoms with van der Waals surface area (Å²) in [6.45, 7) is 1.10. The molecule has 0 saturated heterocycles. The summed E-state index contributed by atoms with van der Waals surface area (Å²) in [6.07, 6.45) is 13.8. The fourth-order valence-electron chi connectivity index (χ4n) is 6.29. The van der Waals surface area contributed by atoms with Crippen LogP contribution < -0.4 is 14.4 Å². The zero-order chi connectivity index (χ0) is 26.2. The molecule has 3 nitrogen and oxygen atoms in total. The number of methoxy groups -OCH3 is 1. The fraction of sp³-hybridized carbons (Fsp3) is 0.471. The van der Waals surface area contributed by atoms with E-state index < -0.39 is 0 Å². The first-order valence-electron chi connectivity index (χ1n) is 14.7. The second kappa shape index (κ2) is 13.7. The SMILES string of the molecule is COc1ccc(C2CCc3cc(O)ccc3C2)c([AsH]CCCc2ccc(CCNC3CCCCC3)cc2)c1. The van der Waals surface area contributed by atoms with Crippen LogP contribution in [-0.2, 0) is 25.7 Å². The number of hydrogen-bond donors (Lipinski definition) is 2. The van der Waals surface area contributed by atoms with Crippen molar-refractivity contribution in [2.75, 3.05) is 13.7 Å². The monoisotopic (exact) mass is 573 g/mol. The van der Waals surface area contributed by atoms with Gasteiger partial charge in [-0.05, 0) is 0 Å². The molecule has 202 valence electrons. The third-order valence-corrected chi connectivity index (χ3v) is 11.5. The van der Waals surface area contributed by atoms with E-state index in [2.05, 4.69) is 53.8 Å². The van der Waals surface area contributed by atoms with Crippen molar-refractivity contribution >= 4 is 20.1 Å². The van der Waals surface area contributed by atoms with Crippen LogP contribution in [0, 0.1) is 0 Å². The van der Waals surface area contributed by atoms with Crippen LogP contribution in [0.3, 0.4) is 0 Å². The molecule has 1 saturated carbocycles. The van der Waals surface area contributed by atoms with Crippen LogP contribution in [0.1, 0.15) is 78.7 Å². The minimum absolute atomic E-state index is 0.225. The molecule has 4 heteroatoms. The van der Waals surface area contributed by atoms with Gasteiger partial charge in [0.2, 0.25) is 0 Å². The van der Waals surface area contributed by atoms with Gasteiger partial charge in [-0.1, -0.05) is 19.3 Å². The van der Waals surface area contributed by atoms with Crippen molar-refractivity contribution in [2.24, 2.45) is 0 Å². The minimum atomic E-state index is -0.225. The Balaban J connectivity index is 1.11. The second-order valence-corrected chi connectivity index (χ2v) is 14.2. The molecule has 0 bridgehead atoms. The van der Waals surface area contributed by atoms with E-state index in [1.165, 1.54) is 78.0 Å². The van der Waals surface area contributed by atoms with E-state index in [-0.39, 0.29) is 15.8 Å². The van der Waals surface area contributed by atoms with Gasteiger partial charge in [0, 0.05) is 0 Å². The average molecular weight is 574 g/mol. The summed E-state index contributed by atoms with van der Waals surface area (Å²) in [4.78, 5) is 0. The number of hydrogen-bond acceptors (Lipinski definition) is 3. The third-order valence-electron chi connectivity index (χ3n) is 8.55. The fourth-order valence-corrected chi connectivity index (χ4v) is 9.14. The third kappa shape index (κ3) is 7.45. The molecule has 0 spiro atoms. The molecule has 2 aliphatic rings. The molecule has 5 rings (SSSR count). The normalized spacial score (nSPS) is 18.1. The first-order chi connectivity index (χ1) is 18.7. The standard InChI is InChI=1S/C34H44AsNO2/c1-38-32-17-18-33(29-14-13-28-23-31(37)16-15-27(28)22-29)34(24-32)35-20-5-6-25-9-11-26(12-10-25)19-21-36-30-7-3-2-4-8-30/h9-12,15-18,23-24,29-30,35-37H,2-8,13-14,19-22H2,1H3. The first-order valence-corrected chi connectivity index (χ1v) is 17.2.